The molecule has 2 aromatic carbocycles. The molecule has 1 aromatic heterocycles. The van der Waals surface area contributed by atoms with Gasteiger partial charge >= 0.3 is 6.18 Å². The molecule has 2 heterocycles. The summed E-state index contributed by atoms with van der Waals surface area (Å²) < 4.78 is 62.4. The Bertz CT molecular complexity index is 1190. The lowest BCUT2D eigenvalue weighted by atomic mass is 9.74. The predicted octanol–water partition coefficient (Wildman–Crippen LogP) is 5.69. The lowest BCUT2D eigenvalue weighted by Crippen LogP contribution is -2.53. The number of aromatic nitrogens is 1. The zero-order chi connectivity index (χ0) is 24.0. The Kier molecular flexibility index (Phi) is 5.76. The quantitative estimate of drug-likeness (QED) is 0.462. The molecule has 1 atom stereocenters. The highest BCUT2D eigenvalue weighted by Crippen LogP contribution is 2.46. The van der Waals surface area contributed by atoms with Crippen molar-refractivity contribution in [1.82, 2.24) is 4.98 Å². The van der Waals surface area contributed by atoms with E-state index in [2.05, 4.69) is 10.3 Å². The topological polar surface area (TPSA) is 54.4 Å². The summed E-state index contributed by atoms with van der Waals surface area (Å²) in [6.07, 6.45) is -3.51. The van der Waals surface area contributed by atoms with Crippen molar-refractivity contribution in [3.63, 3.8) is 0 Å². The standard InChI is InChI=1S/C25H26F4N2O2/c1-15-18-5-4-6-21(19(18)7-9-30-15)31-14-24(32,25(27,28)29)13-23(2,3)20-12-17(26)11-16-8-10-33-22(16)20/h4-7,9,11-12,31-32H,8,10,13-14H2,1-3H3/t24-/m0/s1. The number of aryl methyl sites for hydroxylation is 1. The van der Waals surface area contributed by atoms with E-state index in [1.807, 2.05) is 13.0 Å². The monoisotopic (exact) mass is 462 g/mol. The number of alkyl halides is 3. The normalized spacial score (nSPS) is 15.8. The minimum atomic E-state index is -4.92. The van der Waals surface area contributed by atoms with Crippen molar-refractivity contribution in [3.8, 4) is 5.75 Å². The number of rotatable bonds is 6. The molecule has 0 amide bonds. The molecular formula is C25H26F4N2O2. The van der Waals surface area contributed by atoms with Gasteiger partial charge in [-0.3, -0.25) is 4.98 Å². The molecule has 0 saturated heterocycles. The van der Waals surface area contributed by atoms with Crippen LogP contribution in [0.15, 0.2) is 42.6 Å². The smallest absolute Gasteiger partial charge is 0.418 e. The maximum absolute atomic E-state index is 14.2. The molecule has 0 fully saturated rings. The number of pyridine rings is 1. The molecule has 1 aliphatic heterocycles. The maximum atomic E-state index is 14.2. The van der Waals surface area contributed by atoms with Gasteiger partial charge in [0.05, 0.1) is 13.2 Å². The average molecular weight is 462 g/mol. The van der Waals surface area contributed by atoms with Gasteiger partial charge in [0.15, 0.2) is 5.60 Å². The number of hydrogen-bond acceptors (Lipinski definition) is 4. The van der Waals surface area contributed by atoms with Crippen LogP contribution in [0, 0.1) is 12.7 Å². The van der Waals surface area contributed by atoms with Crippen molar-refractivity contribution in [2.45, 2.75) is 50.8 Å². The zero-order valence-corrected chi connectivity index (χ0v) is 18.7. The fourth-order valence-corrected chi connectivity index (χ4v) is 4.61. The first kappa shape index (κ1) is 23.3. The number of nitrogens with one attached hydrogen (secondary N) is 1. The average Bonchev–Trinajstić information content (AvgIpc) is 3.19. The second-order valence-corrected chi connectivity index (χ2v) is 9.28. The third kappa shape index (κ3) is 4.36. The Balaban J connectivity index is 1.66. The number of fused-ring (bicyclic) bond motifs is 2. The van der Waals surface area contributed by atoms with Gasteiger partial charge in [-0.25, -0.2) is 4.39 Å². The van der Waals surface area contributed by atoms with E-state index in [0.717, 1.165) is 11.1 Å². The van der Waals surface area contributed by atoms with Gasteiger partial charge in [-0.15, -0.1) is 0 Å². The molecule has 1 aliphatic rings. The largest absolute Gasteiger partial charge is 0.493 e. The number of halogens is 4. The van der Waals surface area contributed by atoms with E-state index >= 15 is 0 Å². The molecule has 176 valence electrons. The van der Waals surface area contributed by atoms with E-state index < -0.39 is 36.0 Å². The number of aliphatic hydroxyl groups is 1. The van der Waals surface area contributed by atoms with Crippen LogP contribution in [0.1, 0.15) is 37.1 Å². The van der Waals surface area contributed by atoms with Crippen LogP contribution in [0.25, 0.3) is 10.8 Å². The van der Waals surface area contributed by atoms with Gasteiger partial charge < -0.3 is 15.2 Å². The molecule has 3 aromatic rings. The highest BCUT2D eigenvalue weighted by molar-refractivity contribution is 5.95. The van der Waals surface area contributed by atoms with Gasteiger partial charge in [0.1, 0.15) is 11.6 Å². The van der Waals surface area contributed by atoms with Crippen LogP contribution in [-0.2, 0) is 11.8 Å². The van der Waals surface area contributed by atoms with Crippen LogP contribution < -0.4 is 10.1 Å². The highest BCUT2D eigenvalue weighted by atomic mass is 19.4. The van der Waals surface area contributed by atoms with Crippen molar-refractivity contribution in [1.29, 1.82) is 0 Å². The van der Waals surface area contributed by atoms with Crippen LogP contribution in [0.2, 0.25) is 0 Å². The fourth-order valence-electron chi connectivity index (χ4n) is 4.61. The molecule has 2 N–H and O–H groups in total. The lowest BCUT2D eigenvalue weighted by molar-refractivity contribution is -0.260. The van der Waals surface area contributed by atoms with Crippen LogP contribution in [0.5, 0.6) is 5.75 Å². The lowest BCUT2D eigenvalue weighted by Gasteiger charge is -2.38. The van der Waals surface area contributed by atoms with E-state index in [0.29, 0.717) is 41.0 Å². The summed E-state index contributed by atoms with van der Waals surface area (Å²) in [5.74, 6) is -0.119. The van der Waals surface area contributed by atoms with E-state index in [4.69, 9.17) is 4.74 Å². The molecule has 0 aliphatic carbocycles. The Hall–Kier alpha value is -2.87. The molecule has 4 rings (SSSR count). The van der Waals surface area contributed by atoms with Gasteiger partial charge in [-0.05, 0) is 43.0 Å². The Morgan fingerprint density at radius 3 is 2.61 bits per heavy atom. The minimum absolute atomic E-state index is 0.324. The molecule has 0 radical (unpaired) electrons. The van der Waals surface area contributed by atoms with Crippen molar-refractivity contribution in [2.75, 3.05) is 18.5 Å². The number of hydrogen-bond donors (Lipinski definition) is 2. The second kappa shape index (κ2) is 8.17. The van der Waals surface area contributed by atoms with E-state index in [1.54, 1.807) is 38.2 Å². The van der Waals surface area contributed by atoms with Crippen LogP contribution in [0.4, 0.5) is 23.2 Å². The number of benzene rings is 2. The molecule has 0 saturated carbocycles. The molecule has 0 spiro atoms. The minimum Gasteiger partial charge on any atom is -0.493 e. The number of nitrogens with zero attached hydrogens (tertiary/aromatic N) is 1. The van der Waals surface area contributed by atoms with Gasteiger partial charge in [-0.2, -0.15) is 13.2 Å². The van der Waals surface area contributed by atoms with Crippen molar-refractivity contribution < 1.29 is 27.4 Å². The molecule has 0 bridgehead atoms. The fraction of sp³-hybridized carbons (Fsp3) is 0.400. The molecule has 8 heteroatoms. The van der Waals surface area contributed by atoms with Crippen molar-refractivity contribution >= 4 is 16.5 Å². The van der Waals surface area contributed by atoms with Gasteiger partial charge in [0.2, 0.25) is 0 Å². The van der Waals surface area contributed by atoms with E-state index in [1.165, 1.54) is 12.1 Å². The zero-order valence-electron chi connectivity index (χ0n) is 18.7. The third-order valence-corrected chi connectivity index (χ3v) is 6.32. The van der Waals surface area contributed by atoms with Crippen molar-refractivity contribution in [2.24, 2.45) is 0 Å². The molecule has 4 nitrogen and oxygen atoms in total. The summed E-state index contributed by atoms with van der Waals surface area (Å²) in [4.78, 5) is 4.21. The van der Waals surface area contributed by atoms with Crippen molar-refractivity contribution in [3.05, 3.63) is 65.2 Å². The summed E-state index contributed by atoms with van der Waals surface area (Å²) in [6, 6.07) is 9.49. The Morgan fingerprint density at radius 1 is 1.12 bits per heavy atom. The predicted molar refractivity (Wildman–Crippen MR) is 119 cm³/mol. The summed E-state index contributed by atoms with van der Waals surface area (Å²) in [7, 11) is 0. The van der Waals surface area contributed by atoms with E-state index in [-0.39, 0.29) is 0 Å². The maximum Gasteiger partial charge on any atom is 0.418 e. The SMILES string of the molecule is Cc1nccc2c(NC[C@@](O)(CC(C)(C)c3cc(F)cc4c3OCC4)C(F)(F)F)cccc12. The van der Waals surface area contributed by atoms with Gasteiger partial charge in [0.25, 0.3) is 0 Å². The first-order valence-corrected chi connectivity index (χ1v) is 10.7. The van der Waals surface area contributed by atoms with Gasteiger partial charge in [0, 0.05) is 45.9 Å². The number of ether oxygens (including phenoxy) is 1. The summed E-state index contributed by atoms with van der Waals surface area (Å²) in [5, 5.41) is 15.2. The first-order chi connectivity index (χ1) is 15.4. The summed E-state index contributed by atoms with van der Waals surface area (Å²) >= 11 is 0. The van der Waals surface area contributed by atoms with Crippen LogP contribution in [0.3, 0.4) is 0 Å². The highest BCUT2D eigenvalue weighted by Gasteiger charge is 2.56. The second-order valence-electron chi connectivity index (χ2n) is 9.28. The number of anilines is 1. The van der Waals surface area contributed by atoms with E-state index in [9.17, 15) is 22.7 Å². The third-order valence-electron chi connectivity index (χ3n) is 6.32. The molecule has 33 heavy (non-hydrogen) atoms. The summed E-state index contributed by atoms with van der Waals surface area (Å²) in [5.41, 5.74) is -2.12. The van der Waals surface area contributed by atoms with Crippen LogP contribution in [-0.4, -0.2) is 35.0 Å². The molecule has 0 unspecified atom stereocenters. The van der Waals surface area contributed by atoms with Gasteiger partial charge in [-0.1, -0.05) is 26.0 Å². The first-order valence-electron chi connectivity index (χ1n) is 10.7. The summed E-state index contributed by atoms with van der Waals surface area (Å²) in [6.45, 7) is 4.53. The van der Waals surface area contributed by atoms with Crippen LogP contribution >= 0.6 is 0 Å². The molecular weight excluding hydrogens is 436 g/mol. The Morgan fingerprint density at radius 2 is 1.88 bits per heavy atom. The Labute approximate surface area is 189 Å².